The molecule has 0 radical (unpaired) electrons. The van der Waals surface area contributed by atoms with Crippen molar-refractivity contribution >= 4 is 93.4 Å². The maximum Gasteiger partial charge on any atom is 0.495 e. The Hall–Kier alpha value is -7.60. The highest BCUT2D eigenvalue weighted by Gasteiger charge is 2.55. The molecule has 0 spiro atoms. The number of hydrogen-bond acceptors (Lipinski definition) is 8. The fraction of sp³-hybridized carbons (Fsp3) is 0.293. The Balaban J connectivity index is 0.000000121. The minimum atomic E-state index is -0.327. The van der Waals surface area contributed by atoms with Gasteiger partial charge < -0.3 is 37.2 Å². The molecule has 476 valence electrons. The van der Waals surface area contributed by atoms with Crippen molar-refractivity contribution in [2.45, 2.75) is 156 Å². The van der Waals surface area contributed by atoms with E-state index in [1.165, 1.54) is 70.9 Å². The SMILES string of the molecule is CC1(C)OB(c2ccc(-c3cccc4ccccc34)cc2)OC1(C)C.CC1(C)OB(c2ccc3cc(-c4ccccc4)ccc3c2)OC1(C)C.CC1(C)OB(c2ccc3ccc4ccccc4c3c2)OC1(C)C.CC1(C)OB(c2ccccc2-c2ccccc2)OC1(C)C. The average molecular weight is 1240 g/mol. The van der Waals surface area contributed by atoms with Crippen LogP contribution in [0, 0.1) is 0 Å². The number of benzene rings is 11. The normalized spacial score (nSPS) is 19.1. The third-order valence-corrected chi connectivity index (χ3v) is 20.9. The Morgan fingerprint density at radius 2 is 0.532 bits per heavy atom. The van der Waals surface area contributed by atoms with Crippen LogP contribution in [0.5, 0.6) is 0 Å². The van der Waals surface area contributed by atoms with Crippen LogP contribution in [-0.2, 0) is 37.2 Å². The van der Waals surface area contributed by atoms with Crippen molar-refractivity contribution in [1.29, 1.82) is 0 Å². The van der Waals surface area contributed by atoms with Gasteiger partial charge in [0, 0.05) is 0 Å². The lowest BCUT2D eigenvalue weighted by Gasteiger charge is -2.32. The van der Waals surface area contributed by atoms with E-state index in [9.17, 15) is 0 Å². The number of hydrogen-bond donors (Lipinski definition) is 0. The smallest absolute Gasteiger partial charge is 0.399 e. The van der Waals surface area contributed by atoms with Gasteiger partial charge in [-0.05, 0) is 215 Å². The first-order chi connectivity index (χ1) is 44.5. The van der Waals surface area contributed by atoms with Crippen LogP contribution in [0.15, 0.2) is 243 Å². The van der Waals surface area contributed by atoms with Crippen LogP contribution < -0.4 is 21.9 Å². The maximum atomic E-state index is 6.19. The van der Waals surface area contributed by atoms with Crippen molar-refractivity contribution in [3.63, 3.8) is 0 Å². The van der Waals surface area contributed by atoms with Crippen LogP contribution in [0.4, 0.5) is 0 Å². The van der Waals surface area contributed by atoms with E-state index < -0.39 is 0 Å². The third kappa shape index (κ3) is 13.4. The molecular formula is C82H88B4O8. The molecule has 11 aromatic carbocycles. The van der Waals surface area contributed by atoms with Gasteiger partial charge in [-0.1, -0.05) is 237 Å². The minimum absolute atomic E-state index is 0.313. The summed E-state index contributed by atoms with van der Waals surface area (Å²) in [6.07, 6.45) is 0. The lowest BCUT2D eigenvalue weighted by Crippen LogP contribution is -2.41. The summed E-state index contributed by atoms with van der Waals surface area (Å²) in [6.45, 7) is 33.3. The fourth-order valence-electron chi connectivity index (χ4n) is 12.2. The molecule has 0 amide bonds. The molecule has 0 saturated carbocycles. The van der Waals surface area contributed by atoms with Gasteiger partial charge in [-0.25, -0.2) is 0 Å². The standard InChI is InChI=1S/2C22H23BO2.C20H21BO2.C18H21BO2/c1-21(2)22(3,4)25-23(24-21)18-14-12-17(13-15-18)20-11-7-9-16-8-5-6-10-19(16)20;1-21(2)22(3,4)25-23(24-21)20-13-12-18-14-17(10-11-19(18)15-20)16-8-6-5-7-9-16;1-19(2)20(3,4)23-21(22-19)16-12-11-15-10-9-14-7-5-6-8-17(14)18(15)13-16;1-17(2)18(3,4)21-19(20-17)16-13-9-8-12-15(16)14-10-6-5-7-11-14/h2*5-15H,1-4H3;5-13H,1-4H3;5-13H,1-4H3. The highest BCUT2D eigenvalue weighted by atomic mass is 16.7. The molecular weight excluding hydrogens is 1160 g/mol. The number of rotatable bonds is 7. The van der Waals surface area contributed by atoms with Gasteiger partial charge in [-0.2, -0.15) is 0 Å². The Labute approximate surface area is 559 Å². The molecule has 11 aromatic rings. The van der Waals surface area contributed by atoms with Crippen molar-refractivity contribution in [3.05, 3.63) is 243 Å². The van der Waals surface area contributed by atoms with E-state index in [1.54, 1.807) is 0 Å². The topological polar surface area (TPSA) is 73.8 Å². The quantitative estimate of drug-likeness (QED) is 0.115. The van der Waals surface area contributed by atoms with Gasteiger partial charge in [-0.3, -0.25) is 0 Å². The molecule has 4 aliphatic rings. The lowest BCUT2D eigenvalue weighted by molar-refractivity contribution is 0.00578. The molecule has 0 bridgehead atoms. The summed E-state index contributed by atoms with van der Waals surface area (Å²) in [6, 6.07) is 84.9. The predicted octanol–water partition coefficient (Wildman–Crippen LogP) is 17.6. The molecule has 4 fully saturated rings. The van der Waals surface area contributed by atoms with Gasteiger partial charge in [-0.15, -0.1) is 0 Å². The van der Waals surface area contributed by atoms with E-state index in [1.807, 2.05) is 18.2 Å². The lowest BCUT2D eigenvalue weighted by atomic mass is 9.74. The molecule has 0 N–H and O–H groups in total. The van der Waals surface area contributed by atoms with Crippen LogP contribution in [0.3, 0.4) is 0 Å². The van der Waals surface area contributed by atoms with Crippen molar-refractivity contribution in [2.75, 3.05) is 0 Å². The summed E-state index contributed by atoms with van der Waals surface area (Å²) >= 11 is 0. The zero-order valence-electron chi connectivity index (χ0n) is 57.7. The molecule has 0 atom stereocenters. The van der Waals surface area contributed by atoms with Crippen LogP contribution in [0.1, 0.15) is 111 Å². The molecule has 0 aliphatic carbocycles. The molecule has 0 aromatic heterocycles. The van der Waals surface area contributed by atoms with Crippen LogP contribution >= 0.6 is 0 Å². The van der Waals surface area contributed by atoms with Gasteiger partial charge in [0.25, 0.3) is 0 Å². The van der Waals surface area contributed by atoms with Gasteiger partial charge >= 0.3 is 28.5 Å². The van der Waals surface area contributed by atoms with Crippen molar-refractivity contribution in [1.82, 2.24) is 0 Å². The van der Waals surface area contributed by atoms with Crippen LogP contribution in [0.25, 0.3) is 76.5 Å². The Morgan fingerprint density at radius 1 is 0.202 bits per heavy atom. The minimum Gasteiger partial charge on any atom is -0.399 e. The summed E-state index contributed by atoms with van der Waals surface area (Å²) in [5.41, 5.74) is 9.03. The van der Waals surface area contributed by atoms with E-state index in [0.717, 1.165) is 27.4 Å². The second-order valence-electron chi connectivity index (χ2n) is 29.4. The average Bonchev–Trinajstić information content (AvgIpc) is 1.66. The fourth-order valence-corrected chi connectivity index (χ4v) is 12.2. The van der Waals surface area contributed by atoms with Crippen molar-refractivity contribution in [2.24, 2.45) is 0 Å². The highest BCUT2D eigenvalue weighted by Crippen LogP contribution is 2.41. The monoisotopic (exact) mass is 1240 g/mol. The Morgan fingerprint density at radius 3 is 1.07 bits per heavy atom. The molecule has 0 unspecified atom stereocenters. The summed E-state index contributed by atoms with van der Waals surface area (Å²) in [5, 5.41) is 9.96. The predicted molar refractivity (Wildman–Crippen MR) is 395 cm³/mol. The Kier molecular flexibility index (Phi) is 18.0. The molecule has 94 heavy (non-hydrogen) atoms. The summed E-state index contributed by atoms with van der Waals surface area (Å²) in [5.74, 6) is 0. The van der Waals surface area contributed by atoms with E-state index in [2.05, 4.69) is 335 Å². The van der Waals surface area contributed by atoms with E-state index >= 15 is 0 Å². The molecule has 4 aliphatic heterocycles. The van der Waals surface area contributed by atoms with E-state index in [0.29, 0.717) is 0 Å². The first-order valence-electron chi connectivity index (χ1n) is 33.2. The molecule has 4 saturated heterocycles. The second kappa shape index (κ2) is 25.5. The number of fused-ring (bicyclic) bond motifs is 5. The summed E-state index contributed by atoms with van der Waals surface area (Å²) < 4.78 is 49.4. The van der Waals surface area contributed by atoms with Gasteiger partial charge in [0.05, 0.1) is 44.8 Å². The molecule has 12 heteroatoms. The van der Waals surface area contributed by atoms with Gasteiger partial charge in [0.1, 0.15) is 0 Å². The third-order valence-electron chi connectivity index (χ3n) is 20.9. The van der Waals surface area contributed by atoms with E-state index in [-0.39, 0.29) is 73.3 Å². The zero-order chi connectivity index (χ0) is 66.6. The van der Waals surface area contributed by atoms with Crippen molar-refractivity contribution in [3.8, 4) is 33.4 Å². The van der Waals surface area contributed by atoms with Crippen molar-refractivity contribution < 1.29 is 37.2 Å². The van der Waals surface area contributed by atoms with Crippen LogP contribution in [0.2, 0.25) is 0 Å². The molecule has 8 nitrogen and oxygen atoms in total. The zero-order valence-corrected chi connectivity index (χ0v) is 57.7. The largest absolute Gasteiger partial charge is 0.495 e. The summed E-state index contributed by atoms with van der Waals surface area (Å²) in [4.78, 5) is 0. The van der Waals surface area contributed by atoms with Gasteiger partial charge in [0.15, 0.2) is 0 Å². The first-order valence-corrected chi connectivity index (χ1v) is 33.2. The molecule has 4 heterocycles. The summed E-state index contributed by atoms with van der Waals surface area (Å²) in [7, 11) is -1.27. The van der Waals surface area contributed by atoms with Gasteiger partial charge in [0.2, 0.25) is 0 Å². The highest BCUT2D eigenvalue weighted by molar-refractivity contribution is 6.64. The van der Waals surface area contributed by atoms with E-state index in [4.69, 9.17) is 37.2 Å². The Bertz CT molecular complexity index is 4440. The maximum absolute atomic E-state index is 6.19. The molecule has 15 rings (SSSR count). The second-order valence-corrected chi connectivity index (χ2v) is 29.4. The first kappa shape index (κ1) is 66.4. The van der Waals surface area contributed by atoms with Crippen LogP contribution in [-0.4, -0.2) is 73.3 Å².